The molecule has 4 aromatic carbocycles. The minimum atomic E-state index is 0.550. The monoisotopic (exact) mass is 642 g/mol. The van der Waals surface area contributed by atoms with Gasteiger partial charge in [0, 0.05) is 25.7 Å². The number of fused-ring (bicyclic) bond motifs is 8. The van der Waals surface area contributed by atoms with Crippen LogP contribution in [0.15, 0.2) is 60.7 Å². The maximum absolute atomic E-state index is 7.99. The molecule has 0 spiro atoms. The van der Waals surface area contributed by atoms with Crippen molar-refractivity contribution in [2.24, 2.45) is 0 Å². The van der Waals surface area contributed by atoms with Crippen LogP contribution in [0.5, 0.6) is 23.0 Å². The number of hydrogen-bond acceptors (Lipinski definition) is 4. The molecule has 6 heteroatoms. The van der Waals surface area contributed by atoms with E-state index < -0.39 is 0 Å². The van der Waals surface area contributed by atoms with Crippen molar-refractivity contribution in [1.29, 1.82) is 0 Å². The van der Waals surface area contributed by atoms with Gasteiger partial charge < -0.3 is 18.9 Å². The molecule has 0 amide bonds. The van der Waals surface area contributed by atoms with Crippen LogP contribution in [-0.4, -0.2) is 26.4 Å². The second-order valence-electron chi connectivity index (χ2n) is 12.3. The second-order valence-corrected chi connectivity index (χ2v) is 12.3. The normalized spacial score (nSPS) is 12.0. The average molecular weight is 643 g/mol. The Hall–Kier alpha value is -4.94. The Morgan fingerprint density at radius 1 is 0.438 bits per heavy atom. The van der Waals surface area contributed by atoms with Crippen molar-refractivity contribution < 1.29 is 18.9 Å². The van der Waals surface area contributed by atoms with E-state index in [1.165, 1.54) is 0 Å². The van der Waals surface area contributed by atoms with Crippen molar-refractivity contribution in [3.63, 3.8) is 0 Å². The van der Waals surface area contributed by atoms with Crippen molar-refractivity contribution in [3.8, 4) is 23.0 Å². The highest BCUT2D eigenvalue weighted by atomic mass is 16.5. The van der Waals surface area contributed by atoms with Gasteiger partial charge in [0.2, 0.25) is 0 Å². The van der Waals surface area contributed by atoms with Crippen LogP contribution in [0, 0.1) is 13.1 Å². The van der Waals surface area contributed by atoms with Gasteiger partial charge in [-0.15, -0.1) is 0 Å². The quantitative estimate of drug-likeness (QED) is 0.127. The number of nitrogens with zero attached hydrogens (tertiary/aromatic N) is 2. The maximum atomic E-state index is 7.99. The first-order valence-corrected chi connectivity index (χ1v) is 17.3. The van der Waals surface area contributed by atoms with Crippen LogP contribution in [0.2, 0.25) is 0 Å². The van der Waals surface area contributed by atoms with Crippen molar-refractivity contribution in [1.82, 2.24) is 0 Å². The standard InChI is InChI=1S/C42H46N2O4/c1-7-17-45-39-29-13-11-14-30(39)22-34-26-38(44-6)28-36(42(34)48-20-10-4)24-32-16-12-15-31(40(32)46-18-8-2)23-35-27-37(43-5)25-33(21-29)41(35)47-19-9-3/h11-16,25-28H,7-10,17-24H2,1-4H3. The number of benzene rings is 4. The highest BCUT2D eigenvalue weighted by Crippen LogP contribution is 2.41. The zero-order valence-corrected chi connectivity index (χ0v) is 28.8. The fourth-order valence-corrected chi connectivity index (χ4v) is 6.34. The maximum Gasteiger partial charge on any atom is 0.188 e. The van der Waals surface area contributed by atoms with E-state index in [-0.39, 0.29) is 0 Å². The lowest BCUT2D eigenvalue weighted by atomic mass is 9.90. The molecule has 0 radical (unpaired) electrons. The summed E-state index contributed by atoms with van der Waals surface area (Å²) in [6.07, 6.45) is 5.69. The molecular weight excluding hydrogens is 596 g/mol. The predicted molar refractivity (Wildman–Crippen MR) is 193 cm³/mol. The van der Waals surface area contributed by atoms with Crippen molar-refractivity contribution >= 4 is 11.4 Å². The van der Waals surface area contributed by atoms with Gasteiger partial charge in [-0.25, -0.2) is 9.69 Å². The second kappa shape index (κ2) is 16.8. The lowest BCUT2D eigenvalue weighted by Crippen LogP contribution is -2.10. The van der Waals surface area contributed by atoms with E-state index in [2.05, 4.69) is 73.8 Å². The summed E-state index contributed by atoms with van der Waals surface area (Å²) in [5.41, 5.74) is 9.18. The van der Waals surface area contributed by atoms with E-state index in [1.807, 2.05) is 24.3 Å². The molecule has 0 aliphatic heterocycles. The molecule has 6 nitrogen and oxygen atoms in total. The van der Waals surface area contributed by atoms with Gasteiger partial charge in [0.15, 0.2) is 11.4 Å². The van der Waals surface area contributed by atoms with Crippen LogP contribution < -0.4 is 18.9 Å². The molecule has 5 rings (SSSR count). The third-order valence-corrected chi connectivity index (χ3v) is 8.40. The first kappa shape index (κ1) is 34.4. The van der Waals surface area contributed by atoms with Gasteiger partial charge in [-0.05, 0) is 94.5 Å². The molecular formula is C42H46N2O4. The number of rotatable bonds is 12. The largest absolute Gasteiger partial charge is 0.493 e. The fraction of sp³-hybridized carbons (Fsp3) is 0.381. The minimum Gasteiger partial charge on any atom is -0.493 e. The van der Waals surface area contributed by atoms with Crippen LogP contribution in [0.25, 0.3) is 9.69 Å². The summed E-state index contributed by atoms with van der Waals surface area (Å²) in [6.45, 7) is 26.7. The lowest BCUT2D eigenvalue weighted by Gasteiger charge is -2.23. The SMILES string of the molecule is [C-]#[N+]c1cc2c(OCCC)c(c1)Cc1cccc(c1OCCC)Cc1cc([N+]#[C-])cc(c1OCCC)Cc1cccc(c1OCCC)C2. The Morgan fingerprint density at radius 3 is 0.917 bits per heavy atom. The molecule has 0 atom stereocenters. The van der Waals surface area contributed by atoms with Crippen LogP contribution in [0.4, 0.5) is 11.4 Å². The van der Waals surface area contributed by atoms with E-state index in [1.54, 1.807) is 0 Å². The fourth-order valence-electron chi connectivity index (χ4n) is 6.34. The van der Waals surface area contributed by atoms with Crippen LogP contribution >= 0.6 is 0 Å². The molecule has 0 fully saturated rings. The molecule has 48 heavy (non-hydrogen) atoms. The zero-order chi connectivity index (χ0) is 33.9. The summed E-state index contributed by atoms with van der Waals surface area (Å²) >= 11 is 0. The van der Waals surface area contributed by atoms with Crippen LogP contribution in [-0.2, 0) is 25.7 Å². The van der Waals surface area contributed by atoms with Crippen molar-refractivity contribution in [3.05, 3.63) is 128 Å². The van der Waals surface area contributed by atoms with Crippen molar-refractivity contribution in [2.75, 3.05) is 26.4 Å². The van der Waals surface area contributed by atoms with Gasteiger partial charge in [-0.1, -0.05) is 64.1 Å². The van der Waals surface area contributed by atoms with Gasteiger partial charge >= 0.3 is 0 Å². The van der Waals surface area contributed by atoms with Gasteiger partial charge in [-0.3, -0.25) is 0 Å². The first-order chi connectivity index (χ1) is 23.5. The Kier molecular flexibility index (Phi) is 12.0. The zero-order valence-electron chi connectivity index (χ0n) is 28.8. The van der Waals surface area contributed by atoms with Gasteiger partial charge in [0.25, 0.3) is 0 Å². The molecule has 0 unspecified atom stereocenters. The smallest absolute Gasteiger partial charge is 0.188 e. The van der Waals surface area contributed by atoms with Crippen LogP contribution in [0.1, 0.15) is 97.9 Å². The Morgan fingerprint density at radius 2 is 0.688 bits per heavy atom. The molecule has 0 saturated carbocycles. The minimum absolute atomic E-state index is 0.550. The van der Waals surface area contributed by atoms with Crippen molar-refractivity contribution in [2.45, 2.75) is 79.1 Å². The summed E-state index contributed by atoms with van der Waals surface area (Å²) in [5, 5.41) is 0. The molecule has 1 aliphatic rings. The van der Waals surface area contributed by atoms with Gasteiger partial charge in [0.1, 0.15) is 23.0 Å². The summed E-state index contributed by atoms with van der Waals surface area (Å²) in [6, 6.07) is 20.5. The van der Waals surface area contributed by atoms with E-state index in [4.69, 9.17) is 32.1 Å². The van der Waals surface area contributed by atoms with Crippen LogP contribution in [0.3, 0.4) is 0 Å². The summed E-state index contributed by atoms with van der Waals surface area (Å²) in [4.78, 5) is 7.78. The topological polar surface area (TPSA) is 45.6 Å². The molecule has 4 aromatic rings. The van der Waals surface area contributed by atoms with Gasteiger partial charge in [-0.2, -0.15) is 0 Å². The number of ether oxygens (including phenoxy) is 4. The van der Waals surface area contributed by atoms with Gasteiger partial charge in [0.05, 0.1) is 39.6 Å². The molecule has 0 saturated heterocycles. The molecule has 1 aliphatic carbocycles. The average Bonchev–Trinajstić information content (AvgIpc) is 3.09. The molecule has 0 heterocycles. The number of para-hydroxylation sites is 2. The molecule has 0 N–H and O–H groups in total. The third-order valence-electron chi connectivity index (χ3n) is 8.40. The summed E-state index contributed by atoms with van der Waals surface area (Å²) in [7, 11) is 0. The van der Waals surface area contributed by atoms with E-state index in [0.717, 1.165) is 93.2 Å². The summed E-state index contributed by atoms with van der Waals surface area (Å²) < 4.78 is 26.1. The molecule has 248 valence electrons. The first-order valence-electron chi connectivity index (χ1n) is 17.3. The molecule has 8 bridgehead atoms. The third kappa shape index (κ3) is 7.95. The molecule has 0 aromatic heterocycles. The Balaban J connectivity index is 1.82. The Bertz CT molecular complexity index is 1590. The highest BCUT2D eigenvalue weighted by Gasteiger charge is 2.23. The highest BCUT2D eigenvalue weighted by molar-refractivity contribution is 5.63. The lowest BCUT2D eigenvalue weighted by molar-refractivity contribution is 0.304. The predicted octanol–water partition coefficient (Wildman–Crippen LogP) is 10.6. The summed E-state index contributed by atoms with van der Waals surface area (Å²) in [5.74, 6) is 3.35. The Labute approximate surface area is 286 Å². The van der Waals surface area contributed by atoms with E-state index in [9.17, 15) is 0 Å². The van der Waals surface area contributed by atoms with E-state index >= 15 is 0 Å². The van der Waals surface area contributed by atoms with E-state index in [0.29, 0.717) is 63.5 Å². The number of hydrogen-bond donors (Lipinski definition) is 0.